The molecule has 0 aliphatic rings. The average molecular weight is 374 g/mol. The molecule has 3 aromatic carbocycles. The standard InChI is InChI=1S/C23H20ClN3/c24-21-13-11-19(12-14-21)23-20(16-25-15-18-7-3-1-4-8-18)17-27(26-23)22-9-5-2-6-10-22/h1-14,17,25H,15-16H2. The fourth-order valence-corrected chi connectivity index (χ4v) is 3.17. The van der Waals surface area contributed by atoms with E-state index in [4.69, 9.17) is 16.7 Å². The molecule has 1 heterocycles. The first-order valence-electron chi connectivity index (χ1n) is 8.94. The molecule has 4 aromatic rings. The van der Waals surface area contributed by atoms with Crippen LogP contribution in [0.3, 0.4) is 0 Å². The monoisotopic (exact) mass is 373 g/mol. The van der Waals surface area contributed by atoms with Crippen molar-refractivity contribution in [1.29, 1.82) is 0 Å². The average Bonchev–Trinajstić information content (AvgIpc) is 3.14. The summed E-state index contributed by atoms with van der Waals surface area (Å²) in [5.74, 6) is 0. The van der Waals surface area contributed by atoms with E-state index in [1.165, 1.54) is 5.56 Å². The molecule has 4 heteroatoms. The van der Waals surface area contributed by atoms with E-state index in [2.05, 4.69) is 47.9 Å². The zero-order chi connectivity index (χ0) is 18.5. The molecule has 4 rings (SSSR count). The normalized spacial score (nSPS) is 10.9. The summed E-state index contributed by atoms with van der Waals surface area (Å²) in [6.45, 7) is 1.55. The number of benzene rings is 3. The number of rotatable bonds is 6. The number of para-hydroxylation sites is 1. The van der Waals surface area contributed by atoms with Crippen LogP contribution < -0.4 is 5.32 Å². The number of aromatic nitrogens is 2. The van der Waals surface area contributed by atoms with Crippen molar-refractivity contribution < 1.29 is 0 Å². The summed E-state index contributed by atoms with van der Waals surface area (Å²) < 4.78 is 1.93. The summed E-state index contributed by atoms with van der Waals surface area (Å²) in [4.78, 5) is 0. The molecule has 0 amide bonds. The third-order valence-corrected chi connectivity index (χ3v) is 4.67. The molecule has 0 spiro atoms. The fraction of sp³-hybridized carbons (Fsp3) is 0.0870. The second kappa shape index (κ2) is 8.21. The Labute approximate surface area is 164 Å². The molecule has 134 valence electrons. The van der Waals surface area contributed by atoms with Gasteiger partial charge in [0.05, 0.1) is 11.4 Å². The van der Waals surface area contributed by atoms with Crippen molar-refractivity contribution in [3.05, 3.63) is 107 Å². The smallest absolute Gasteiger partial charge is 0.0972 e. The van der Waals surface area contributed by atoms with Gasteiger partial charge < -0.3 is 5.32 Å². The van der Waals surface area contributed by atoms with E-state index in [0.717, 1.165) is 40.6 Å². The van der Waals surface area contributed by atoms with Crippen LogP contribution in [0, 0.1) is 0 Å². The Kier molecular flexibility index (Phi) is 5.33. The van der Waals surface area contributed by atoms with Gasteiger partial charge in [-0.3, -0.25) is 0 Å². The Hall–Kier alpha value is -2.88. The van der Waals surface area contributed by atoms with Crippen LogP contribution in [0.2, 0.25) is 5.02 Å². The van der Waals surface area contributed by atoms with Crippen LogP contribution in [0.4, 0.5) is 0 Å². The molecule has 0 bridgehead atoms. The van der Waals surface area contributed by atoms with Crippen LogP contribution in [-0.4, -0.2) is 9.78 Å². The maximum absolute atomic E-state index is 6.05. The Morgan fingerprint density at radius 2 is 1.44 bits per heavy atom. The number of hydrogen-bond acceptors (Lipinski definition) is 2. The number of nitrogens with zero attached hydrogens (tertiary/aromatic N) is 2. The second-order valence-electron chi connectivity index (χ2n) is 6.38. The van der Waals surface area contributed by atoms with Gasteiger partial charge in [-0.1, -0.05) is 72.3 Å². The first kappa shape index (κ1) is 17.5. The highest BCUT2D eigenvalue weighted by atomic mass is 35.5. The molecule has 1 aromatic heterocycles. The minimum atomic E-state index is 0.727. The molecule has 0 aliphatic carbocycles. The van der Waals surface area contributed by atoms with Crippen molar-refractivity contribution in [2.45, 2.75) is 13.1 Å². The fourth-order valence-electron chi connectivity index (χ4n) is 3.04. The number of halogens is 1. The molecule has 27 heavy (non-hydrogen) atoms. The third-order valence-electron chi connectivity index (χ3n) is 4.42. The highest BCUT2D eigenvalue weighted by Crippen LogP contribution is 2.25. The van der Waals surface area contributed by atoms with Crippen LogP contribution in [0.1, 0.15) is 11.1 Å². The van der Waals surface area contributed by atoms with Gasteiger partial charge in [0.25, 0.3) is 0 Å². The van der Waals surface area contributed by atoms with E-state index >= 15 is 0 Å². The van der Waals surface area contributed by atoms with Gasteiger partial charge in [0, 0.05) is 35.4 Å². The molecule has 0 radical (unpaired) electrons. The van der Waals surface area contributed by atoms with Gasteiger partial charge in [-0.15, -0.1) is 0 Å². The summed E-state index contributed by atoms with van der Waals surface area (Å²) in [6.07, 6.45) is 2.09. The maximum Gasteiger partial charge on any atom is 0.0972 e. The molecule has 0 fully saturated rings. The third kappa shape index (κ3) is 4.27. The van der Waals surface area contributed by atoms with E-state index in [9.17, 15) is 0 Å². The second-order valence-corrected chi connectivity index (χ2v) is 6.82. The van der Waals surface area contributed by atoms with E-state index in [1.54, 1.807) is 0 Å². The van der Waals surface area contributed by atoms with Gasteiger partial charge in [0.15, 0.2) is 0 Å². The molecule has 0 aliphatic heterocycles. The van der Waals surface area contributed by atoms with E-state index < -0.39 is 0 Å². The van der Waals surface area contributed by atoms with Crippen LogP contribution in [-0.2, 0) is 13.1 Å². The molecule has 0 saturated heterocycles. The van der Waals surface area contributed by atoms with Crippen molar-refractivity contribution in [3.8, 4) is 16.9 Å². The molecule has 0 unspecified atom stereocenters. The van der Waals surface area contributed by atoms with Crippen molar-refractivity contribution in [1.82, 2.24) is 15.1 Å². The lowest BCUT2D eigenvalue weighted by Gasteiger charge is -2.05. The van der Waals surface area contributed by atoms with E-state index in [1.807, 2.05) is 53.2 Å². The van der Waals surface area contributed by atoms with Crippen LogP contribution in [0.25, 0.3) is 16.9 Å². The largest absolute Gasteiger partial charge is 0.308 e. The maximum atomic E-state index is 6.05. The van der Waals surface area contributed by atoms with Gasteiger partial charge in [-0.25, -0.2) is 4.68 Å². The number of hydrogen-bond donors (Lipinski definition) is 1. The lowest BCUT2D eigenvalue weighted by Crippen LogP contribution is -2.12. The molecule has 0 saturated carbocycles. The van der Waals surface area contributed by atoms with Gasteiger partial charge in [-0.2, -0.15) is 5.10 Å². The molecule has 3 nitrogen and oxygen atoms in total. The minimum Gasteiger partial charge on any atom is -0.308 e. The van der Waals surface area contributed by atoms with E-state index in [-0.39, 0.29) is 0 Å². The molecular formula is C23H20ClN3. The summed E-state index contributed by atoms with van der Waals surface area (Å²) in [6, 6.07) is 28.4. The van der Waals surface area contributed by atoms with Crippen LogP contribution in [0.15, 0.2) is 91.1 Å². The lowest BCUT2D eigenvalue weighted by atomic mass is 10.1. The summed E-state index contributed by atoms with van der Waals surface area (Å²) in [7, 11) is 0. The van der Waals surface area contributed by atoms with Crippen molar-refractivity contribution in [2.24, 2.45) is 0 Å². The van der Waals surface area contributed by atoms with Crippen molar-refractivity contribution in [2.75, 3.05) is 0 Å². The first-order chi connectivity index (χ1) is 13.3. The quantitative estimate of drug-likeness (QED) is 0.484. The lowest BCUT2D eigenvalue weighted by molar-refractivity contribution is 0.694. The van der Waals surface area contributed by atoms with Gasteiger partial charge in [0.1, 0.15) is 0 Å². The van der Waals surface area contributed by atoms with Crippen LogP contribution in [0.5, 0.6) is 0 Å². The first-order valence-corrected chi connectivity index (χ1v) is 9.32. The van der Waals surface area contributed by atoms with Gasteiger partial charge in [-0.05, 0) is 29.8 Å². The zero-order valence-electron chi connectivity index (χ0n) is 14.8. The summed E-state index contributed by atoms with van der Waals surface area (Å²) >= 11 is 6.05. The predicted octanol–water partition coefficient (Wildman–Crippen LogP) is 5.48. The predicted molar refractivity (Wildman–Crippen MR) is 111 cm³/mol. The molecule has 0 atom stereocenters. The highest BCUT2D eigenvalue weighted by molar-refractivity contribution is 6.30. The Morgan fingerprint density at radius 1 is 0.778 bits per heavy atom. The van der Waals surface area contributed by atoms with Gasteiger partial charge in [0.2, 0.25) is 0 Å². The Balaban J connectivity index is 1.61. The van der Waals surface area contributed by atoms with Crippen molar-refractivity contribution >= 4 is 11.6 Å². The Bertz CT molecular complexity index is 993. The number of nitrogens with one attached hydrogen (secondary N) is 1. The zero-order valence-corrected chi connectivity index (χ0v) is 15.6. The summed E-state index contributed by atoms with van der Waals surface area (Å²) in [5, 5.41) is 9.09. The summed E-state index contributed by atoms with van der Waals surface area (Å²) in [5.41, 5.74) is 5.49. The van der Waals surface area contributed by atoms with Crippen LogP contribution >= 0.6 is 11.6 Å². The highest BCUT2D eigenvalue weighted by Gasteiger charge is 2.12. The SMILES string of the molecule is Clc1ccc(-c2nn(-c3ccccc3)cc2CNCc2ccccc2)cc1. The topological polar surface area (TPSA) is 29.9 Å². The minimum absolute atomic E-state index is 0.727. The molecule has 1 N–H and O–H groups in total. The van der Waals surface area contributed by atoms with Gasteiger partial charge >= 0.3 is 0 Å². The van der Waals surface area contributed by atoms with E-state index in [0.29, 0.717) is 0 Å². The van der Waals surface area contributed by atoms with Crippen molar-refractivity contribution in [3.63, 3.8) is 0 Å². The Morgan fingerprint density at radius 3 is 2.15 bits per heavy atom. The molecular weight excluding hydrogens is 354 g/mol.